The molecule has 0 aliphatic heterocycles. The van der Waals surface area contributed by atoms with E-state index in [1.165, 1.54) is 0 Å². The Balaban J connectivity index is 3.30. The molecule has 1 atom stereocenters. The van der Waals surface area contributed by atoms with Crippen LogP contribution in [0.25, 0.3) is 0 Å². The quantitative estimate of drug-likeness (QED) is 0.486. The predicted octanol–water partition coefficient (Wildman–Crippen LogP) is -0.529. The van der Waals surface area contributed by atoms with Crippen LogP contribution in [-0.4, -0.2) is 44.5 Å². The molecule has 0 unspecified atom stereocenters. The van der Waals surface area contributed by atoms with Gasteiger partial charge in [-0.2, -0.15) is 0 Å². The summed E-state index contributed by atoms with van der Waals surface area (Å²) in [7, 11) is 4.84. The summed E-state index contributed by atoms with van der Waals surface area (Å²) in [6.45, 7) is 5.69. The number of aliphatic hydroxyl groups is 1. The van der Waals surface area contributed by atoms with Gasteiger partial charge < -0.3 is 15.7 Å². The van der Waals surface area contributed by atoms with Crippen molar-refractivity contribution < 1.29 is 9.90 Å². The normalized spacial score (nSPS) is 12.9. The number of amides is 1. The molecular weight excluding hydrogens is 167 g/mol. The number of carbonyl (C=O) groups is 1. The highest BCUT2D eigenvalue weighted by molar-refractivity contribution is 6.57. The zero-order valence-corrected chi connectivity index (χ0v) is 8.21. The van der Waals surface area contributed by atoms with Crippen molar-refractivity contribution in [2.24, 2.45) is 5.92 Å². The second-order valence-electron chi connectivity index (χ2n) is 3.45. The van der Waals surface area contributed by atoms with Gasteiger partial charge in [0.2, 0.25) is 0 Å². The first kappa shape index (κ1) is 12.5. The van der Waals surface area contributed by atoms with Crippen molar-refractivity contribution in [3.8, 4) is 0 Å². The van der Waals surface area contributed by atoms with Gasteiger partial charge in [0.25, 0.3) is 0 Å². The Kier molecular flexibility index (Phi) is 6.63. The van der Waals surface area contributed by atoms with E-state index in [4.69, 9.17) is 7.85 Å². The van der Waals surface area contributed by atoms with Crippen LogP contribution in [0.4, 0.5) is 4.79 Å². The molecule has 0 spiro atoms. The van der Waals surface area contributed by atoms with Gasteiger partial charge in [-0.15, -0.1) is 0 Å². The maximum Gasteiger partial charge on any atom is 0.200 e. The van der Waals surface area contributed by atoms with Gasteiger partial charge in [0.1, 0.15) is 0 Å². The van der Waals surface area contributed by atoms with Gasteiger partial charge in [-0.25, -0.2) is 0 Å². The van der Waals surface area contributed by atoms with Crippen LogP contribution in [0.5, 0.6) is 0 Å². The largest absolute Gasteiger partial charge is 0.390 e. The Labute approximate surface area is 80.5 Å². The zero-order chi connectivity index (χ0) is 10.3. The highest BCUT2D eigenvalue weighted by Gasteiger charge is 2.03. The van der Waals surface area contributed by atoms with Gasteiger partial charge in [0.15, 0.2) is 13.7 Å². The highest BCUT2D eigenvalue weighted by Crippen LogP contribution is 1.87. The van der Waals surface area contributed by atoms with Crippen LogP contribution in [0.2, 0.25) is 0 Å². The van der Waals surface area contributed by atoms with Gasteiger partial charge in [-0.3, -0.25) is 4.79 Å². The summed E-state index contributed by atoms with van der Waals surface area (Å²) in [5.74, 6) is -0.0563. The Bertz CT molecular complexity index is 153. The van der Waals surface area contributed by atoms with Crippen molar-refractivity contribution in [2.45, 2.75) is 20.0 Å². The molecule has 4 nitrogen and oxygen atoms in total. The van der Waals surface area contributed by atoms with E-state index in [-0.39, 0.29) is 6.54 Å². The van der Waals surface area contributed by atoms with Crippen LogP contribution in [-0.2, 0) is 0 Å². The molecule has 3 N–H and O–H groups in total. The fraction of sp³-hybridized carbons (Fsp3) is 0.875. The van der Waals surface area contributed by atoms with E-state index in [9.17, 15) is 9.90 Å². The number of hydrogen-bond acceptors (Lipinski definition) is 3. The highest BCUT2D eigenvalue weighted by atomic mass is 16.3. The fourth-order valence-electron chi connectivity index (χ4n) is 0.829. The van der Waals surface area contributed by atoms with Gasteiger partial charge in [0.05, 0.1) is 6.10 Å². The Morgan fingerprint density at radius 1 is 1.38 bits per heavy atom. The molecule has 5 heteroatoms. The van der Waals surface area contributed by atoms with E-state index in [1.54, 1.807) is 0 Å². The first-order valence-corrected chi connectivity index (χ1v) is 4.44. The summed E-state index contributed by atoms with van der Waals surface area (Å²) in [5, 5.41) is 14.7. The van der Waals surface area contributed by atoms with E-state index in [2.05, 4.69) is 24.5 Å². The molecule has 0 aromatic rings. The lowest BCUT2D eigenvalue weighted by atomic mass is 10.1. The molecule has 2 radical (unpaired) electrons. The van der Waals surface area contributed by atoms with E-state index in [1.807, 2.05) is 0 Å². The minimum Gasteiger partial charge on any atom is -0.390 e. The van der Waals surface area contributed by atoms with Crippen LogP contribution in [0.3, 0.4) is 0 Å². The van der Waals surface area contributed by atoms with Gasteiger partial charge in [-0.1, -0.05) is 13.8 Å². The van der Waals surface area contributed by atoms with Crippen molar-refractivity contribution >= 4 is 13.7 Å². The smallest absolute Gasteiger partial charge is 0.200 e. The second kappa shape index (κ2) is 6.92. The SMILES string of the molecule is [B]C(=O)NC[C@H](O)CNCC(C)C. The van der Waals surface area contributed by atoms with Gasteiger partial charge in [-0.05, 0) is 12.5 Å². The Hall–Kier alpha value is -0.545. The van der Waals surface area contributed by atoms with E-state index in [0.717, 1.165) is 6.54 Å². The standard InChI is InChI=1S/C8H17BN2O2/c1-6(2)3-10-4-7(12)5-11-8(9)13/h6-7,10,12H,3-5H2,1-2H3,(H,11,13)/t7-/m1/s1. The van der Waals surface area contributed by atoms with Crippen molar-refractivity contribution in [3.63, 3.8) is 0 Å². The molecule has 74 valence electrons. The van der Waals surface area contributed by atoms with Crippen LogP contribution in [0.1, 0.15) is 13.8 Å². The number of hydrogen-bond donors (Lipinski definition) is 3. The van der Waals surface area contributed by atoms with Crippen molar-refractivity contribution in [3.05, 3.63) is 0 Å². The van der Waals surface area contributed by atoms with Crippen LogP contribution >= 0.6 is 0 Å². The number of carbonyl (C=O) groups excluding carboxylic acids is 1. The summed E-state index contributed by atoms with van der Waals surface area (Å²) in [5.41, 5.74) is 0. The third kappa shape index (κ3) is 9.37. The van der Waals surface area contributed by atoms with E-state index < -0.39 is 11.9 Å². The summed E-state index contributed by atoms with van der Waals surface area (Å²) >= 11 is 0. The molecule has 13 heavy (non-hydrogen) atoms. The maximum atomic E-state index is 10.3. The van der Waals surface area contributed by atoms with Crippen molar-refractivity contribution in [2.75, 3.05) is 19.6 Å². The molecule has 0 saturated carbocycles. The number of aliphatic hydroxyl groups excluding tert-OH is 1. The third-order valence-electron chi connectivity index (χ3n) is 1.44. The summed E-state index contributed by atoms with van der Waals surface area (Å²) in [6.07, 6.45) is -0.578. The van der Waals surface area contributed by atoms with Gasteiger partial charge >= 0.3 is 0 Å². The van der Waals surface area contributed by atoms with E-state index >= 15 is 0 Å². The fourth-order valence-corrected chi connectivity index (χ4v) is 0.829. The average molecular weight is 184 g/mol. The molecule has 0 bridgehead atoms. The molecule has 0 rings (SSSR count). The second-order valence-corrected chi connectivity index (χ2v) is 3.45. The number of rotatable bonds is 6. The Morgan fingerprint density at radius 3 is 2.46 bits per heavy atom. The topological polar surface area (TPSA) is 61.4 Å². The third-order valence-corrected chi connectivity index (χ3v) is 1.44. The lowest BCUT2D eigenvalue weighted by Crippen LogP contribution is -2.38. The monoisotopic (exact) mass is 184 g/mol. The molecule has 0 aliphatic rings. The number of nitrogens with one attached hydrogen (secondary N) is 2. The molecule has 0 aromatic carbocycles. The van der Waals surface area contributed by atoms with Crippen molar-refractivity contribution in [1.82, 2.24) is 10.6 Å². The maximum absolute atomic E-state index is 10.3. The Morgan fingerprint density at radius 2 is 2.00 bits per heavy atom. The van der Waals surface area contributed by atoms with Crippen LogP contribution in [0, 0.1) is 5.92 Å². The summed E-state index contributed by atoms with van der Waals surface area (Å²) in [4.78, 5) is 10.3. The van der Waals surface area contributed by atoms with Crippen LogP contribution in [0.15, 0.2) is 0 Å². The first-order valence-electron chi connectivity index (χ1n) is 4.44. The molecule has 0 aromatic heterocycles. The molecular formula is C8H17BN2O2. The van der Waals surface area contributed by atoms with Gasteiger partial charge in [0, 0.05) is 13.1 Å². The summed E-state index contributed by atoms with van der Waals surface area (Å²) < 4.78 is 0. The molecule has 0 heterocycles. The minimum atomic E-state index is -0.608. The van der Waals surface area contributed by atoms with Crippen molar-refractivity contribution in [1.29, 1.82) is 0 Å². The first-order chi connectivity index (χ1) is 6.02. The molecule has 1 amide bonds. The van der Waals surface area contributed by atoms with Crippen LogP contribution < -0.4 is 10.6 Å². The molecule has 0 fully saturated rings. The lowest BCUT2D eigenvalue weighted by molar-refractivity contribution is 0.169. The molecule has 0 saturated heterocycles. The average Bonchev–Trinajstić information content (AvgIpc) is 2.00. The minimum absolute atomic E-state index is 0.195. The lowest BCUT2D eigenvalue weighted by Gasteiger charge is -2.13. The predicted molar refractivity (Wildman–Crippen MR) is 52.9 cm³/mol. The zero-order valence-electron chi connectivity index (χ0n) is 8.21. The summed E-state index contributed by atoms with van der Waals surface area (Å²) in [6, 6.07) is 0. The van der Waals surface area contributed by atoms with E-state index in [0.29, 0.717) is 12.5 Å². The molecule has 0 aliphatic carbocycles.